The van der Waals surface area contributed by atoms with Crippen molar-refractivity contribution in [2.45, 2.75) is 38.6 Å². The van der Waals surface area contributed by atoms with Gasteiger partial charge in [-0.2, -0.15) is 0 Å². The molecular formula is C25H33N5O3. The standard InChI is InChI=1S/C25H33N5O3/c1-19-5-2-3-10-30(19)25(31)18-28-11-13-29(14-12-28)24-9-7-21(26-27-24)20-6-8-22-23(17-20)33-16-4-15-32-22/h6-9,17,19H,2-5,10-16,18H2,1H3/t19-/m1/s1. The van der Waals surface area contributed by atoms with Crippen LogP contribution in [0.4, 0.5) is 5.82 Å². The van der Waals surface area contributed by atoms with Gasteiger partial charge in [-0.05, 0) is 56.5 Å². The third kappa shape index (κ3) is 5.05. The Labute approximate surface area is 195 Å². The fraction of sp³-hybridized carbons (Fsp3) is 0.560. The molecule has 5 rings (SSSR count). The van der Waals surface area contributed by atoms with Gasteiger partial charge in [-0.3, -0.25) is 9.69 Å². The topological polar surface area (TPSA) is 71.0 Å². The van der Waals surface area contributed by atoms with E-state index in [9.17, 15) is 4.79 Å². The van der Waals surface area contributed by atoms with Gasteiger partial charge in [-0.1, -0.05) is 0 Å². The molecule has 0 bridgehead atoms. The normalized spacial score (nSPS) is 21.5. The van der Waals surface area contributed by atoms with Crippen LogP contribution < -0.4 is 14.4 Å². The first-order valence-corrected chi connectivity index (χ1v) is 12.2. The molecule has 1 atom stereocenters. The zero-order valence-corrected chi connectivity index (χ0v) is 19.4. The Morgan fingerprint density at radius 2 is 1.76 bits per heavy atom. The third-order valence-electron chi connectivity index (χ3n) is 6.87. The number of nitrogens with zero attached hydrogens (tertiary/aromatic N) is 5. The number of benzene rings is 1. The van der Waals surface area contributed by atoms with E-state index in [1.54, 1.807) is 0 Å². The molecule has 1 aromatic heterocycles. The fourth-order valence-electron chi connectivity index (χ4n) is 4.86. The molecule has 0 spiro atoms. The molecule has 8 heteroatoms. The van der Waals surface area contributed by atoms with Gasteiger partial charge in [-0.15, -0.1) is 10.2 Å². The summed E-state index contributed by atoms with van der Waals surface area (Å²) in [6, 6.07) is 10.3. The number of hydrogen-bond acceptors (Lipinski definition) is 7. The first-order chi connectivity index (χ1) is 16.2. The van der Waals surface area contributed by atoms with Crippen molar-refractivity contribution >= 4 is 11.7 Å². The molecule has 2 fully saturated rings. The molecule has 3 aliphatic heterocycles. The number of piperidine rings is 1. The zero-order chi connectivity index (χ0) is 22.6. The van der Waals surface area contributed by atoms with Gasteiger partial charge < -0.3 is 19.3 Å². The Kier molecular flexibility index (Phi) is 6.62. The smallest absolute Gasteiger partial charge is 0.236 e. The number of aromatic nitrogens is 2. The molecule has 1 amide bonds. The highest BCUT2D eigenvalue weighted by Gasteiger charge is 2.26. The number of fused-ring (bicyclic) bond motifs is 1. The van der Waals surface area contributed by atoms with Crippen LogP contribution in [0, 0.1) is 0 Å². The van der Waals surface area contributed by atoms with Gasteiger partial charge in [0.15, 0.2) is 17.3 Å². The number of hydrogen-bond donors (Lipinski definition) is 0. The largest absolute Gasteiger partial charge is 0.490 e. The lowest BCUT2D eigenvalue weighted by Crippen LogP contribution is -2.52. The molecule has 2 aromatic rings. The minimum Gasteiger partial charge on any atom is -0.490 e. The molecule has 4 heterocycles. The van der Waals surface area contributed by atoms with Crippen molar-refractivity contribution in [1.82, 2.24) is 20.0 Å². The van der Waals surface area contributed by atoms with E-state index in [1.165, 1.54) is 6.42 Å². The number of likely N-dealkylation sites (tertiary alicyclic amines) is 1. The van der Waals surface area contributed by atoms with Gasteiger partial charge >= 0.3 is 0 Å². The molecule has 0 aliphatic carbocycles. The van der Waals surface area contributed by atoms with Crippen LogP contribution in [0.2, 0.25) is 0 Å². The highest BCUT2D eigenvalue weighted by molar-refractivity contribution is 5.78. The van der Waals surface area contributed by atoms with Crippen LogP contribution in [-0.4, -0.2) is 84.4 Å². The molecule has 0 saturated carbocycles. The quantitative estimate of drug-likeness (QED) is 0.708. The van der Waals surface area contributed by atoms with Crippen LogP contribution in [0.1, 0.15) is 32.6 Å². The van der Waals surface area contributed by atoms with Crippen LogP contribution in [0.15, 0.2) is 30.3 Å². The second-order valence-electron chi connectivity index (χ2n) is 9.18. The number of rotatable bonds is 4. The average molecular weight is 452 g/mol. The highest BCUT2D eigenvalue weighted by atomic mass is 16.5. The van der Waals surface area contributed by atoms with Crippen LogP contribution >= 0.6 is 0 Å². The maximum absolute atomic E-state index is 12.7. The van der Waals surface area contributed by atoms with E-state index in [0.717, 1.165) is 80.6 Å². The van der Waals surface area contributed by atoms with E-state index in [4.69, 9.17) is 9.47 Å². The Bertz CT molecular complexity index is 959. The minimum atomic E-state index is 0.273. The molecule has 0 unspecified atom stereocenters. The van der Waals surface area contributed by atoms with Crippen LogP contribution in [0.5, 0.6) is 11.5 Å². The first kappa shape index (κ1) is 21.9. The van der Waals surface area contributed by atoms with E-state index in [1.807, 2.05) is 30.3 Å². The number of piperazine rings is 1. The summed E-state index contributed by atoms with van der Waals surface area (Å²) < 4.78 is 11.5. The van der Waals surface area contributed by atoms with Gasteiger partial charge in [0.05, 0.1) is 25.5 Å². The fourth-order valence-corrected chi connectivity index (χ4v) is 4.86. The Hall–Kier alpha value is -2.87. The van der Waals surface area contributed by atoms with Crippen molar-refractivity contribution < 1.29 is 14.3 Å². The van der Waals surface area contributed by atoms with Crippen LogP contribution in [0.25, 0.3) is 11.3 Å². The molecule has 0 N–H and O–H groups in total. The lowest BCUT2D eigenvalue weighted by atomic mass is 10.0. The molecule has 33 heavy (non-hydrogen) atoms. The van der Waals surface area contributed by atoms with E-state index in [2.05, 4.69) is 31.8 Å². The predicted octanol–water partition coefficient (Wildman–Crippen LogP) is 2.83. The van der Waals surface area contributed by atoms with Crippen molar-refractivity contribution in [2.75, 3.05) is 57.4 Å². The molecule has 176 valence electrons. The summed E-state index contributed by atoms with van der Waals surface area (Å²) in [5.41, 5.74) is 1.78. The summed E-state index contributed by atoms with van der Waals surface area (Å²) in [7, 11) is 0. The number of amides is 1. The zero-order valence-electron chi connectivity index (χ0n) is 19.4. The molecule has 2 saturated heterocycles. The van der Waals surface area contributed by atoms with Gasteiger partial charge in [0.1, 0.15) is 0 Å². The Morgan fingerprint density at radius 3 is 2.52 bits per heavy atom. The molecular weight excluding hydrogens is 418 g/mol. The average Bonchev–Trinajstić information content (AvgIpc) is 3.10. The third-order valence-corrected chi connectivity index (χ3v) is 6.87. The van der Waals surface area contributed by atoms with Crippen molar-refractivity contribution in [1.29, 1.82) is 0 Å². The van der Waals surface area contributed by atoms with Crippen molar-refractivity contribution in [3.63, 3.8) is 0 Å². The van der Waals surface area contributed by atoms with Gasteiger partial charge in [-0.25, -0.2) is 0 Å². The SMILES string of the molecule is C[C@@H]1CCCCN1C(=O)CN1CCN(c2ccc(-c3ccc4c(c3)OCCCO4)nn2)CC1. The van der Waals surface area contributed by atoms with E-state index < -0.39 is 0 Å². The molecule has 0 radical (unpaired) electrons. The second kappa shape index (κ2) is 9.95. The number of carbonyl (C=O) groups excluding carboxylic acids is 1. The Morgan fingerprint density at radius 1 is 0.939 bits per heavy atom. The lowest BCUT2D eigenvalue weighted by molar-refractivity contribution is -0.135. The number of anilines is 1. The molecule has 3 aliphatic rings. The summed E-state index contributed by atoms with van der Waals surface area (Å²) in [6.07, 6.45) is 4.38. The van der Waals surface area contributed by atoms with Crippen LogP contribution in [-0.2, 0) is 4.79 Å². The number of carbonyl (C=O) groups is 1. The number of ether oxygens (including phenoxy) is 2. The van der Waals surface area contributed by atoms with Crippen molar-refractivity contribution in [2.24, 2.45) is 0 Å². The maximum atomic E-state index is 12.7. The lowest BCUT2D eigenvalue weighted by Gasteiger charge is -2.38. The predicted molar refractivity (Wildman–Crippen MR) is 127 cm³/mol. The summed E-state index contributed by atoms with van der Waals surface area (Å²) in [5, 5.41) is 8.96. The maximum Gasteiger partial charge on any atom is 0.236 e. The second-order valence-corrected chi connectivity index (χ2v) is 9.18. The van der Waals surface area contributed by atoms with Crippen LogP contribution in [0.3, 0.4) is 0 Å². The first-order valence-electron chi connectivity index (χ1n) is 12.2. The van der Waals surface area contributed by atoms with E-state index in [0.29, 0.717) is 25.8 Å². The van der Waals surface area contributed by atoms with Crippen molar-refractivity contribution in [3.8, 4) is 22.8 Å². The van der Waals surface area contributed by atoms with E-state index in [-0.39, 0.29) is 5.91 Å². The summed E-state index contributed by atoms with van der Waals surface area (Å²) in [4.78, 5) is 19.3. The highest BCUT2D eigenvalue weighted by Crippen LogP contribution is 2.33. The summed E-state index contributed by atoms with van der Waals surface area (Å²) in [5.74, 6) is 2.70. The summed E-state index contributed by atoms with van der Waals surface area (Å²) >= 11 is 0. The molecule has 8 nitrogen and oxygen atoms in total. The Balaban J connectivity index is 1.16. The molecule has 1 aromatic carbocycles. The monoisotopic (exact) mass is 451 g/mol. The summed E-state index contributed by atoms with van der Waals surface area (Å²) in [6.45, 7) is 8.36. The van der Waals surface area contributed by atoms with E-state index >= 15 is 0 Å². The van der Waals surface area contributed by atoms with Gasteiger partial charge in [0.2, 0.25) is 5.91 Å². The van der Waals surface area contributed by atoms with Crippen molar-refractivity contribution in [3.05, 3.63) is 30.3 Å². The van der Waals surface area contributed by atoms with Gasteiger partial charge in [0, 0.05) is 50.7 Å². The van der Waals surface area contributed by atoms with Gasteiger partial charge in [0.25, 0.3) is 0 Å². The minimum absolute atomic E-state index is 0.273.